The van der Waals surface area contributed by atoms with E-state index in [0.717, 1.165) is 17.4 Å². The molecule has 188 valence electrons. The molecule has 37 heavy (non-hydrogen) atoms. The molecule has 0 unspecified atom stereocenters. The van der Waals surface area contributed by atoms with E-state index in [1.54, 1.807) is 49.6 Å². The zero-order chi connectivity index (χ0) is 26.4. The van der Waals surface area contributed by atoms with Crippen LogP contribution in [0.25, 0.3) is 11.1 Å². The minimum absolute atomic E-state index is 0.220. The highest BCUT2D eigenvalue weighted by molar-refractivity contribution is 6.35. The van der Waals surface area contributed by atoms with Gasteiger partial charge in [-0.15, -0.1) is 0 Å². The minimum Gasteiger partial charge on any atom is -0.493 e. The third kappa shape index (κ3) is 6.10. The van der Waals surface area contributed by atoms with Crippen LogP contribution in [0.4, 0.5) is 0 Å². The highest BCUT2D eigenvalue weighted by Gasteiger charge is 2.23. The van der Waals surface area contributed by atoms with Crippen molar-refractivity contribution in [3.05, 3.63) is 111 Å². The summed E-state index contributed by atoms with van der Waals surface area (Å²) in [5, 5.41) is 0.742. The van der Waals surface area contributed by atoms with Gasteiger partial charge in [0.1, 0.15) is 12.4 Å². The van der Waals surface area contributed by atoms with Crippen LogP contribution in [0.15, 0.2) is 79.1 Å². The van der Waals surface area contributed by atoms with Crippen molar-refractivity contribution in [2.75, 3.05) is 14.2 Å². The first-order valence-corrected chi connectivity index (χ1v) is 12.1. The second kappa shape index (κ2) is 11.9. The predicted octanol–water partition coefficient (Wildman–Crippen LogP) is 7.03. The maximum absolute atomic E-state index is 13.2. The van der Waals surface area contributed by atoms with Crippen LogP contribution in [-0.2, 0) is 11.2 Å². The normalized spacial score (nSPS) is 11.5. The summed E-state index contributed by atoms with van der Waals surface area (Å²) in [4.78, 5) is 28.3. The van der Waals surface area contributed by atoms with Gasteiger partial charge in [-0.1, -0.05) is 59.6 Å². The molecule has 1 heterocycles. The highest BCUT2D eigenvalue weighted by atomic mass is 35.5. The van der Waals surface area contributed by atoms with Crippen LogP contribution in [0.5, 0.6) is 11.5 Å². The smallest absolute Gasteiger partial charge is 0.338 e. The Morgan fingerprint density at radius 3 is 2.24 bits per heavy atom. The summed E-state index contributed by atoms with van der Waals surface area (Å²) < 4.78 is 16.7. The quantitative estimate of drug-likeness (QED) is 0.169. The molecule has 3 aromatic carbocycles. The largest absolute Gasteiger partial charge is 0.493 e. The van der Waals surface area contributed by atoms with Crippen LogP contribution >= 0.6 is 23.2 Å². The van der Waals surface area contributed by atoms with Crippen molar-refractivity contribution in [3.8, 4) is 22.6 Å². The number of esters is 1. The Labute approximate surface area is 224 Å². The van der Waals surface area contributed by atoms with Gasteiger partial charge in [0.2, 0.25) is 0 Å². The van der Waals surface area contributed by atoms with E-state index in [1.165, 1.54) is 19.5 Å². The number of halogens is 2. The van der Waals surface area contributed by atoms with E-state index < -0.39 is 12.1 Å². The second-order valence-corrected chi connectivity index (χ2v) is 8.93. The van der Waals surface area contributed by atoms with Gasteiger partial charge in [-0.25, -0.2) is 4.79 Å². The van der Waals surface area contributed by atoms with E-state index in [2.05, 4.69) is 4.98 Å². The van der Waals surface area contributed by atoms with E-state index >= 15 is 0 Å². The summed E-state index contributed by atoms with van der Waals surface area (Å²) in [7, 11) is 3.08. The van der Waals surface area contributed by atoms with E-state index in [1.807, 2.05) is 24.3 Å². The monoisotopic (exact) mass is 535 g/mol. The lowest BCUT2D eigenvalue weighted by Gasteiger charge is -2.21. The van der Waals surface area contributed by atoms with Crippen molar-refractivity contribution in [2.24, 2.45) is 0 Å². The molecule has 0 aliphatic carbocycles. The zero-order valence-corrected chi connectivity index (χ0v) is 21.6. The SMILES string of the molecule is COc1ccc([C@H](Cc2c(Cl)cncc2Cl)OC(=O)c2ccc(-c3cccc(C=O)c3)cc2)cc1OC. The average Bonchev–Trinajstić information content (AvgIpc) is 2.94. The van der Waals surface area contributed by atoms with Crippen LogP contribution in [0, 0.1) is 0 Å². The third-order valence-corrected chi connectivity index (χ3v) is 6.50. The van der Waals surface area contributed by atoms with Gasteiger partial charge >= 0.3 is 5.97 Å². The van der Waals surface area contributed by atoms with E-state index in [9.17, 15) is 9.59 Å². The number of hydrogen-bond acceptors (Lipinski definition) is 6. The molecule has 4 aromatic rings. The van der Waals surface area contributed by atoms with Crippen molar-refractivity contribution in [3.63, 3.8) is 0 Å². The fraction of sp³-hybridized carbons (Fsp3) is 0.138. The summed E-state index contributed by atoms with van der Waals surface area (Å²) >= 11 is 12.7. The zero-order valence-electron chi connectivity index (χ0n) is 20.1. The molecule has 1 aromatic heterocycles. The number of hydrogen-bond donors (Lipinski definition) is 0. The van der Waals surface area contributed by atoms with E-state index in [4.69, 9.17) is 37.4 Å². The summed E-state index contributed by atoms with van der Waals surface area (Å²) in [6.07, 6.45) is 3.28. The molecule has 0 bridgehead atoms. The number of carbonyl (C=O) groups excluding carboxylic acids is 2. The Balaban J connectivity index is 1.63. The van der Waals surface area contributed by atoms with Crippen LogP contribution < -0.4 is 9.47 Å². The van der Waals surface area contributed by atoms with Crippen LogP contribution in [0.2, 0.25) is 10.0 Å². The number of aromatic nitrogens is 1. The van der Waals surface area contributed by atoms with Crippen LogP contribution in [-0.4, -0.2) is 31.5 Å². The Hall–Kier alpha value is -3.87. The van der Waals surface area contributed by atoms with Gasteiger partial charge in [-0.05, 0) is 52.6 Å². The number of nitrogens with zero attached hydrogens (tertiary/aromatic N) is 1. The van der Waals surface area contributed by atoms with Gasteiger partial charge in [0.15, 0.2) is 11.5 Å². The number of rotatable bonds is 9. The minimum atomic E-state index is -0.728. The van der Waals surface area contributed by atoms with Gasteiger partial charge < -0.3 is 14.2 Å². The fourth-order valence-corrected chi connectivity index (χ4v) is 4.41. The lowest BCUT2D eigenvalue weighted by Crippen LogP contribution is -2.15. The molecule has 0 fully saturated rings. The van der Waals surface area contributed by atoms with Gasteiger partial charge in [0.25, 0.3) is 0 Å². The Kier molecular flexibility index (Phi) is 8.43. The first kappa shape index (κ1) is 26.2. The molecule has 0 amide bonds. The topological polar surface area (TPSA) is 74.7 Å². The Bertz CT molecular complexity index is 1400. The molecular weight excluding hydrogens is 513 g/mol. The molecule has 0 aliphatic rings. The molecule has 0 N–H and O–H groups in total. The number of pyridine rings is 1. The lowest BCUT2D eigenvalue weighted by molar-refractivity contribution is 0.0297. The molecule has 6 nitrogen and oxygen atoms in total. The van der Waals surface area contributed by atoms with Crippen LogP contribution in [0.3, 0.4) is 0 Å². The van der Waals surface area contributed by atoms with Gasteiger partial charge in [0.05, 0.1) is 29.8 Å². The van der Waals surface area contributed by atoms with Crippen molar-refractivity contribution >= 4 is 35.5 Å². The Morgan fingerprint density at radius 2 is 1.59 bits per heavy atom. The fourth-order valence-electron chi connectivity index (χ4n) is 3.89. The lowest BCUT2D eigenvalue weighted by atomic mass is 10.0. The molecule has 0 saturated heterocycles. The van der Waals surface area contributed by atoms with Gasteiger partial charge in [-0.3, -0.25) is 9.78 Å². The molecule has 8 heteroatoms. The predicted molar refractivity (Wildman–Crippen MR) is 143 cm³/mol. The number of carbonyl (C=O) groups is 2. The Morgan fingerprint density at radius 1 is 0.892 bits per heavy atom. The van der Waals surface area contributed by atoms with Crippen LogP contribution in [0.1, 0.15) is 37.9 Å². The molecule has 0 aliphatic heterocycles. The highest BCUT2D eigenvalue weighted by Crippen LogP contribution is 2.35. The second-order valence-electron chi connectivity index (χ2n) is 8.11. The summed E-state index contributed by atoms with van der Waals surface area (Å²) in [6.45, 7) is 0. The molecular formula is C29H23Cl2NO5. The molecule has 0 saturated carbocycles. The summed E-state index contributed by atoms with van der Waals surface area (Å²) in [6, 6.07) is 19.5. The first-order chi connectivity index (χ1) is 17.9. The standard InChI is InChI=1S/C29H23Cl2NO5/c1-35-26-11-10-22(13-28(26)36-2)27(14-23-24(30)15-32-16-25(23)31)37-29(34)20-8-6-19(7-9-20)21-5-3-4-18(12-21)17-33/h3-13,15-17,27H,14H2,1-2H3/t27-/m0/s1. The molecule has 0 radical (unpaired) electrons. The average molecular weight is 536 g/mol. The number of ether oxygens (including phenoxy) is 3. The van der Waals surface area contributed by atoms with E-state index in [-0.39, 0.29) is 6.42 Å². The number of aldehydes is 1. The van der Waals surface area contributed by atoms with Crippen molar-refractivity contribution in [2.45, 2.75) is 12.5 Å². The maximum atomic E-state index is 13.2. The van der Waals surface area contributed by atoms with Gasteiger partial charge in [-0.2, -0.15) is 0 Å². The summed E-state index contributed by atoms with van der Waals surface area (Å²) in [5.41, 5.74) is 3.97. The van der Waals surface area contributed by atoms with Gasteiger partial charge in [0, 0.05) is 24.4 Å². The van der Waals surface area contributed by atoms with Crippen molar-refractivity contribution < 1.29 is 23.8 Å². The number of methoxy groups -OCH3 is 2. The molecule has 1 atom stereocenters. The molecule has 4 rings (SSSR count). The van der Waals surface area contributed by atoms with Crippen molar-refractivity contribution in [1.82, 2.24) is 4.98 Å². The van der Waals surface area contributed by atoms with Crippen molar-refractivity contribution in [1.29, 1.82) is 0 Å². The molecule has 0 spiro atoms. The first-order valence-electron chi connectivity index (χ1n) is 11.3. The maximum Gasteiger partial charge on any atom is 0.338 e. The van der Waals surface area contributed by atoms with E-state index in [0.29, 0.717) is 43.8 Å². The third-order valence-electron chi connectivity index (χ3n) is 5.85. The number of benzene rings is 3. The summed E-state index contributed by atoms with van der Waals surface area (Å²) in [5.74, 6) is 0.523.